The van der Waals surface area contributed by atoms with Gasteiger partial charge in [-0.15, -0.1) is 0 Å². The van der Waals surface area contributed by atoms with E-state index in [2.05, 4.69) is 5.32 Å². The summed E-state index contributed by atoms with van der Waals surface area (Å²) in [7, 11) is 0. The van der Waals surface area contributed by atoms with Gasteiger partial charge in [-0.3, -0.25) is 9.59 Å². The first-order valence-electron chi connectivity index (χ1n) is 7.91. The quantitative estimate of drug-likeness (QED) is 0.816. The summed E-state index contributed by atoms with van der Waals surface area (Å²) in [5.74, 6) is -1.82. The smallest absolute Gasteiger partial charge is 0.392 e. The molecule has 0 bridgehead atoms. The number of carbonyl (C=O) groups excluding carboxylic acids is 2. The van der Waals surface area contributed by atoms with Gasteiger partial charge in [0.15, 0.2) is 0 Å². The van der Waals surface area contributed by atoms with E-state index in [1.54, 1.807) is 0 Å². The van der Waals surface area contributed by atoms with Crippen molar-refractivity contribution in [2.45, 2.75) is 51.3 Å². The standard InChI is InChI=1S/C15H23F3N2O3/c1-14(5-3-2-4-11(14)21)8-19-13(23)10-6-12(22)20(7-10)9-15(16,17)18/h10-11,21H,2-9H2,1H3,(H,19,23)/t10-,11-,14+/m0/s1. The van der Waals surface area contributed by atoms with Crippen molar-refractivity contribution in [3.8, 4) is 0 Å². The highest BCUT2D eigenvalue weighted by Crippen LogP contribution is 2.35. The van der Waals surface area contributed by atoms with Crippen LogP contribution in [0.5, 0.6) is 0 Å². The molecule has 2 rings (SSSR count). The summed E-state index contributed by atoms with van der Waals surface area (Å²) < 4.78 is 37.1. The molecule has 8 heteroatoms. The fourth-order valence-electron chi connectivity index (χ4n) is 3.34. The van der Waals surface area contributed by atoms with Gasteiger partial charge in [0.25, 0.3) is 0 Å². The maximum atomic E-state index is 12.4. The molecule has 0 radical (unpaired) electrons. The molecule has 2 amide bonds. The molecule has 1 saturated heterocycles. The lowest BCUT2D eigenvalue weighted by Gasteiger charge is -2.38. The number of likely N-dealkylation sites (tertiary alicyclic amines) is 1. The van der Waals surface area contributed by atoms with Gasteiger partial charge >= 0.3 is 6.18 Å². The molecule has 132 valence electrons. The lowest BCUT2D eigenvalue weighted by Crippen LogP contribution is -2.46. The number of aliphatic hydroxyl groups excluding tert-OH is 1. The second-order valence-electron chi connectivity index (χ2n) is 6.92. The Morgan fingerprint density at radius 2 is 2.13 bits per heavy atom. The van der Waals surface area contributed by atoms with E-state index in [4.69, 9.17) is 0 Å². The summed E-state index contributed by atoms with van der Waals surface area (Å²) in [4.78, 5) is 24.4. The van der Waals surface area contributed by atoms with E-state index in [0.29, 0.717) is 11.3 Å². The maximum Gasteiger partial charge on any atom is 0.406 e. The molecule has 2 aliphatic rings. The van der Waals surface area contributed by atoms with Crippen LogP contribution in [0.25, 0.3) is 0 Å². The number of amides is 2. The van der Waals surface area contributed by atoms with Crippen molar-refractivity contribution >= 4 is 11.8 Å². The molecule has 1 saturated carbocycles. The lowest BCUT2D eigenvalue weighted by atomic mass is 9.73. The Bertz CT molecular complexity index is 469. The Labute approximate surface area is 133 Å². The molecule has 2 N–H and O–H groups in total. The average Bonchev–Trinajstić information content (AvgIpc) is 2.79. The van der Waals surface area contributed by atoms with E-state index in [-0.39, 0.29) is 19.5 Å². The van der Waals surface area contributed by atoms with Crippen LogP contribution in [0.2, 0.25) is 0 Å². The second-order valence-corrected chi connectivity index (χ2v) is 6.92. The van der Waals surface area contributed by atoms with Crippen molar-refractivity contribution in [3.63, 3.8) is 0 Å². The molecule has 23 heavy (non-hydrogen) atoms. The number of hydrogen-bond donors (Lipinski definition) is 2. The first-order valence-corrected chi connectivity index (χ1v) is 7.91. The Morgan fingerprint density at radius 3 is 2.74 bits per heavy atom. The van der Waals surface area contributed by atoms with Crippen LogP contribution in [0.1, 0.15) is 39.0 Å². The zero-order valence-corrected chi connectivity index (χ0v) is 13.2. The van der Waals surface area contributed by atoms with Gasteiger partial charge in [0.2, 0.25) is 11.8 Å². The van der Waals surface area contributed by atoms with Gasteiger partial charge in [0.1, 0.15) is 6.54 Å². The van der Waals surface area contributed by atoms with Crippen molar-refractivity contribution < 1.29 is 27.9 Å². The first kappa shape index (κ1) is 18.0. The van der Waals surface area contributed by atoms with Crippen LogP contribution >= 0.6 is 0 Å². The van der Waals surface area contributed by atoms with Gasteiger partial charge in [-0.25, -0.2) is 0 Å². The third-order valence-corrected chi connectivity index (χ3v) is 4.90. The van der Waals surface area contributed by atoms with Gasteiger partial charge < -0.3 is 15.3 Å². The van der Waals surface area contributed by atoms with Gasteiger partial charge in [0, 0.05) is 24.9 Å². The fourth-order valence-corrected chi connectivity index (χ4v) is 3.34. The number of nitrogens with one attached hydrogen (secondary N) is 1. The van der Waals surface area contributed by atoms with E-state index >= 15 is 0 Å². The minimum atomic E-state index is -4.46. The topological polar surface area (TPSA) is 69.6 Å². The average molecular weight is 336 g/mol. The second kappa shape index (κ2) is 6.67. The number of nitrogens with zero attached hydrogens (tertiary/aromatic N) is 1. The Morgan fingerprint density at radius 1 is 1.43 bits per heavy atom. The highest BCUT2D eigenvalue weighted by molar-refractivity contribution is 5.89. The summed E-state index contributed by atoms with van der Waals surface area (Å²) in [6.45, 7) is 0.652. The number of alkyl halides is 3. The van der Waals surface area contributed by atoms with Crippen LogP contribution in [0.3, 0.4) is 0 Å². The summed E-state index contributed by atoms with van der Waals surface area (Å²) in [6, 6.07) is 0. The molecule has 3 atom stereocenters. The molecule has 1 heterocycles. The zero-order valence-electron chi connectivity index (χ0n) is 13.2. The molecule has 0 aromatic heterocycles. The van der Waals surface area contributed by atoms with Crippen molar-refractivity contribution in [2.75, 3.05) is 19.6 Å². The lowest BCUT2D eigenvalue weighted by molar-refractivity contribution is -0.157. The molecule has 5 nitrogen and oxygen atoms in total. The molecular formula is C15H23F3N2O3. The third-order valence-electron chi connectivity index (χ3n) is 4.90. The molecule has 0 spiro atoms. The largest absolute Gasteiger partial charge is 0.406 e. The zero-order chi connectivity index (χ0) is 17.3. The van der Waals surface area contributed by atoms with Crippen LogP contribution in [0.4, 0.5) is 13.2 Å². The van der Waals surface area contributed by atoms with Crippen molar-refractivity contribution in [3.05, 3.63) is 0 Å². The minimum absolute atomic E-state index is 0.193. The van der Waals surface area contributed by atoms with Crippen LogP contribution in [0, 0.1) is 11.3 Å². The van der Waals surface area contributed by atoms with Gasteiger partial charge in [-0.1, -0.05) is 19.8 Å². The van der Waals surface area contributed by atoms with Gasteiger partial charge in [-0.2, -0.15) is 13.2 Å². The Kier molecular flexibility index (Phi) is 5.23. The predicted octanol–water partition coefficient (Wildman–Crippen LogP) is 1.45. The van der Waals surface area contributed by atoms with Crippen LogP contribution in [-0.4, -0.2) is 53.7 Å². The summed E-state index contributed by atoms with van der Waals surface area (Å²) in [5, 5.41) is 12.8. The highest BCUT2D eigenvalue weighted by Gasteiger charge is 2.41. The third kappa shape index (κ3) is 4.59. The fraction of sp³-hybridized carbons (Fsp3) is 0.867. The number of hydrogen-bond acceptors (Lipinski definition) is 3. The summed E-state index contributed by atoms with van der Waals surface area (Å²) >= 11 is 0. The van der Waals surface area contributed by atoms with E-state index < -0.39 is 42.0 Å². The summed E-state index contributed by atoms with van der Waals surface area (Å²) in [5.41, 5.74) is -0.415. The van der Waals surface area contributed by atoms with E-state index in [0.717, 1.165) is 19.3 Å². The molecule has 2 fully saturated rings. The molecular weight excluding hydrogens is 313 g/mol. The number of aliphatic hydroxyl groups is 1. The molecule has 0 aromatic rings. The summed E-state index contributed by atoms with van der Waals surface area (Å²) in [6.07, 6.45) is -1.74. The van der Waals surface area contributed by atoms with Gasteiger partial charge in [0.05, 0.1) is 12.0 Å². The molecule has 0 unspecified atom stereocenters. The number of halogens is 3. The van der Waals surface area contributed by atoms with Gasteiger partial charge in [-0.05, 0) is 12.8 Å². The number of rotatable bonds is 4. The minimum Gasteiger partial charge on any atom is -0.392 e. The van der Waals surface area contributed by atoms with Crippen molar-refractivity contribution in [1.82, 2.24) is 10.2 Å². The van der Waals surface area contributed by atoms with Crippen LogP contribution in [0.15, 0.2) is 0 Å². The van der Waals surface area contributed by atoms with Crippen molar-refractivity contribution in [1.29, 1.82) is 0 Å². The van der Waals surface area contributed by atoms with Crippen LogP contribution in [-0.2, 0) is 9.59 Å². The highest BCUT2D eigenvalue weighted by atomic mass is 19.4. The Balaban J connectivity index is 1.86. The van der Waals surface area contributed by atoms with E-state index in [1.807, 2.05) is 6.92 Å². The number of carbonyl (C=O) groups is 2. The SMILES string of the molecule is C[C@]1(CNC(=O)[C@H]2CC(=O)N(CC(F)(F)F)C2)CCCC[C@@H]1O. The molecule has 1 aliphatic carbocycles. The van der Waals surface area contributed by atoms with Crippen LogP contribution < -0.4 is 5.32 Å². The molecule has 0 aromatic carbocycles. The normalized spacial score (nSPS) is 32.2. The Hall–Kier alpha value is -1.31. The predicted molar refractivity (Wildman–Crippen MR) is 76.3 cm³/mol. The first-order chi connectivity index (χ1) is 10.6. The van der Waals surface area contributed by atoms with Crippen molar-refractivity contribution in [2.24, 2.45) is 11.3 Å². The molecule has 1 aliphatic heterocycles. The van der Waals surface area contributed by atoms with E-state index in [9.17, 15) is 27.9 Å². The van der Waals surface area contributed by atoms with E-state index in [1.165, 1.54) is 0 Å². The maximum absolute atomic E-state index is 12.4. The monoisotopic (exact) mass is 336 g/mol.